The molecule has 0 atom stereocenters. The van der Waals surface area contributed by atoms with E-state index in [1.165, 1.54) is 0 Å². The van der Waals surface area contributed by atoms with E-state index in [1.807, 2.05) is 72.8 Å². The van der Waals surface area contributed by atoms with Gasteiger partial charge in [-0.3, -0.25) is 14.5 Å². The minimum absolute atomic E-state index is 0.0332. The van der Waals surface area contributed by atoms with Gasteiger partial charge in [0.2, 0.25) is 17.7 Å². The molecular formula is C30H23N3O4. The third-order valence-corrected chi connectivity index (χ3v) is 6.49. The summed E-state index contributed by atoms with van der Waals surface area (Å²) in [6.45, 7) is -0.0332. The SMILES string of the molecule is NC(=O)Cc1c(/C=C/C=C2/Oc3c(ccc4ccccc34)N2CC(N)=O)oc2c1ccc1ccccc12. The van der Waals surface area contributed by atoms with Crippen LogP contribution in [-0.4, -0.2) is 18.4 Å². The standard InChI is InChI=1S/C30H23N3O4/c31-26(34)16-23-22-14-12-18-6-1-3-8-20(18)29(22)36-25(23)10-5-11-28-33(17-27(32)35)24-15-13-19-7-2-4-9-21(19)30(24)37-28/h1-15H,16-17H2,(H2,31,34)(H2,32,35)/b10-5+,28-11+. The number of benzene rings is 4. The maximum atomic E-state index is 11.9. The van der Waals surface area contributed by atoms with Gasteiger partial charge >= 0.3 is 0 Å². The van der Waals surface area contributed by atoms with E-state index in [0.717, 1.165) is 38.2 Å². The van der Waals surface area contributed by atoms with E-state index in [2.05, 4.69) is 0 Å². The summed E-state index contributed by atoms with van der Waals surface area (Å²) in [6.07, 6.45) is 5.33. The van der Waals surface area contributed by atoms with E-state index in [9.17, 15) is 9.59 Å². The smallest absolute Gasteiger partial charge is 0.237 e. The maximum Gasteiger partial charge on any atom is 0.237 e. The Morgan fingerprint density at radius 3 is 2.27 bits per heavy atom. The summed E-state index contributed by atoms with van der Waals surface area (Å²) in [6, 6.07) is 23.7. The number of nitrogens with two attached hydrogens (primary N) is 2. The van der Waals surface area contributed by atoms with Crippen LogP contribution < -0.4 is 21.1 Å². The lowest BCUT2D eigenvalue weighted by Gasteiger charge is -2.15. The van der Waals surface area contributed by atoms with Gasteiger partial charge in [0.25, 0.3) is 0 Å². The largest absolute Gasteiger partial charge is 0.456 e. The molecule has 7 heteroatoms. The summed E-state index contributed by atoms with van der Waals surface area (Å²) in [5.74, 6) is 0.734. The highest BCUT2D eigenvalue weighted by Gasteiger charge is 2.28. The van der Waals surface area contributed by atoms with Crippen LogP contribution in [0.2, 0.25) is 0 Å². The Bertz CT molecular complexity index is 1780. The van der Waals surface area contributed by atoms with Crippen molar-refractivity contribution >= 4 is 56.1 Å². The first-order valence-corrected chi connectivity index (χ1v) is 11.8. The number of furan rings is 1. The normalized spacial score (nSPS) is 14.2. The van der Waals surface area contributed by atoms with Gasteiger partial charge in [0.1, 0.15) is 17.9 Å². The predicted molar refractivity (Wildman–Crippen MR) is 145 cm³/mol. The number of hydrogen-bond donors (Lipinski definition) is 2. The summed E-state index contributed by atoms with van der Waals surface area (Å²) in [5.41, 5.74) is 13.3. The van der Waals surface area contributed by atoms with Crippen LogP contribution in [0, 0.1) is 0 Å². The van der Waals surface area contributed by atoms with Crippen LogP contribution in [-0.2, 0) is 16.0 Å². The van der Waals surface area contributed by atoms with Gasteiger partial charge in [-0.1, -0.05) is 72.8 Å². The number of allylic oxidation sites excluding steroid dienone is 2. The number of rotatable bonds is 6. The maximum absolute atomic E-state index is 11.9. The molecule has 0 unspecified atom stereocenters. The summed E-state index contributed by atoms with van der Waals surface area (Å²) in [4.78, 5) is 25.4. The molecule has 4 aromatic carbocycles. The second-order valence-electron chi connectivity index (χ2n) is 8.90. The van der Waals surface area contributed by atoms with E-state index in [1.54, 1.807) is 23.1 Å². The molecule has 1 aliphatic rings. The van der Waals surface area contributed by atoms with Crippen molar-refractivity contribution in [2.45, 2.75) is 6.42 Å². The minimum atomic E-state index is -0.479. The number of carbonyl (C=O) groups is 2. The molecule has 182 valence electrons. The van der Waals surface area contributed by atoms with E-state index in [4.69, 9.17) is 20.6 Å². The van der Waals surface area contributed by atoms with Gasteiger partial charge in [-0.2, -0.15) is 0 Å². The molecule has 5 aromatic rings. The highest BCUT2D eigenvalue weighted by molar-refractivity contribution is 6.07. The highest BCUT2D eigenvalue weighted by Crippen LogP contribution is 2.44. The molecule has 0 fully saturated rings. The van der Waals surface area contributed by atoms with Crippen LogP contribution in [0.4, 0.5) is 5.69 Å². The Hall–Kier alpha value is -5.04. The summed E-state index contributed by atoms with van der Waals surface area (Å²) >= 11 is 0. The Labute approximate surface area is 212 Å². The number of primary amides is 2. The van der Waals surface area contributed by atoms with Gasteiger partial charge in [0, 0.05) is 21.7 Å². The second kappa shape index (κ2) is 8.87. The highest BCUT2D eigenvalue weighted by atomic mass is 16.5. The third-order valence-electron chi connectivity index (χ3n) is 6.49. The number of ether oxygens (including phenoxy) is 1. The van der Waals surface area contributed by atoms with E-state index in [0.29, 0.717) is 23.0 Å². The van der Waals surface area contributed by atoms with Crippen LogP contribution >= 0.6 is 0 Å². The van der Waals surface area contributed by atoms with Crippen molar-refractivity contribution in [2.24, 2.45) is 11.5 Å². The molecule has 0 bridgehead atoms. The topological polar surface area (TPSA) is 112 Å². The molecule has 2 heterocycles. The molecule has 0 spiro atoms. The Morgan fingerprint density at radius 2 is 1.51 bits per heavy atom. The first-order chi connectivity index (χ1) is 18.0. The molecule has 0 saturated carbocycles. The van der Waals surface area contributed by atoms with Crippen molar-refractivity contribution in [3.63, 3.8) is 0 Å². The molecular weight excluding hydrogens is 466 g/mol. The predicted octanol–water partition coefficient (Wildman–Crippen LogP) is 5.01. The first-order valence-electron chi connectivity index (χ1n) is 11.8. The van der Waals surface area contributed by atoms with Gasteiger partial charge in [0.05, 0.1) is 12.1 Å². The average molecular weight is 490 g/mol. The van der Waals surface area contributed by atoms with E-state index >= 15 is 0 Å². The number of amides is 2. The first kappa shape index (κ1) is 22.4. The zero-order chi connectivity index (χ0) is 25.5. The average Bonchev–Trinajstić information content (AvgIpc) is 3.41. The molecule has 0 saturated heterocycles. The zero-order valence-electron chi connectivity index (χ0n) is 19.8. The van der Waals surface area contributed by atoms with E-state index < -0.39 is 11.8 Å². The number of hydrogen-bond acceptors (Lipinski definition) is 5. The van der Waals surface area contributed by atoms with Gasteiger partial charge in [0.15, 0.2) is 5.75 Å². The molecule has 0 aliphatic carbocycles. The lowest BCUT2D eigenvalue weighted by Crippen LogP contribution is -2.31. The number of nitrogens with zero attached hydrogens (tertiary/aromatic N) is 1. The fourth-order valence-electron chi connectivity index (χ4n) is 4.88. The van der Waals surface area contributed by atoms with Gasteiger partial charge in [-0.25, -0.2) is 0 Å². The molecule has 37 heavy (non-hydrogen) atoms. The Morgan fingerprint density at radius 1 is 0.811 bits per heavy atom. The molecule has 2 amide bonds. The Kier molecular flexibility index (Phi) is 5.38. The van der Waals surface area contributed by atoms with Crippen molar-refractivity contribution < 1.29 is 18.7 Å². The molecule has 1 aromatic heterocycles. The van der Waals surface area contributed by atoms with Crippen LogP contribution in [0.3, 0.4) is 0 Å². The van der Waals surface area contributed by atoms with Crippen LogP contribution in [0.15, 0.2) is 95.2 Å². The van der Waals surface area contributed by atoms with Crippen molar-refractivity contribution in [1.29, 1.82) is 0 Å². The molecule has 4 N–H and O–H groups in total. The van der Waals surface area contributed by atoms with Gasteiger partial charge < -0.3 is 20.6 Å². The third kappa shape index (κ3) is 3.96. The molecule has 7 nitrogen and oxygen atoms in total. The van der Waals surface area contributed by atoms with Crippen molar-refractivity contribution in [2.75, 3.05) is 11.4 Å². The monoisotopic (exact) mass is 489 g/mol. The van der Waals surface area contributed by atoms with E-state index in [-0.39, 0.29) is 13.0 Å². The van der Waals surface area contributed by atoms with Gasteiger partial charge in [-0.05, 0) is 29.0 Å². The lowest BCUT2D eigenvalue weighted by molar-refractivity contribution is -0.118. The molecule has 1 aliphatic heterocycles. The zero-order valence-corrected chi connectivity index (χ0v) is 19.8. The van der Waals surface area contributed by atoms with Crippen LogP contribution in [0.1, 0.15) is 11.3 Å². The van der Waals surface area contributed by atoms with Gasteiger partial charge in [-0.15, -0.1) is 0 Å². The Balaban J connectivity index is 1.42. The van der Waals surface area contributed by atoms with Crippen molar-refractivity contribution in [3.05, 3.63) is 102 Å². The summed E-state index contributed by atoms with van der Waals surface area (Å²) in [7, 11) is 0. The fraction of sp³-hybridized carbons (Fsp3) is 0.0667. The fourth-order valence-corrected chi connectivity index (χ4v) is 4.88. The lowest BCUT2D eigenvalue weighted by atomic mass is 10.0. The number of anilines is 1. The quantitative estimate of drug-likeness (QED) is 0.348. The number of carbonyl (C=O) groups excluding carboxylic acids is 2. The van der Waals surface area contributed by atoms with Crippen molar-refractivity contribution in [3.8, 4) is 5.75 Å². The van der Waals surface area contributed by atoms with Crippen LogP contribution in [0.5, 0.6) is 5.75 Å². The summed E-state index contributed by atoms with van der Waals surface area (Å²) in [5, 5.41) is 4.81. The van der Waals surface area contributed by atoms with Crippen LogP contribution in [0.25, 0.3) is 38.6 Å². The van der Waals surface area contributed by atoms with Crippen molar-refractivity contribution in [1.82, 2.24) is 0 Å². The minimum Gasteiger partial charge on any atom is -0.456 e. The molecule has 6 rings (SSSR count). The second-order valence-corrected chi connectivity index (χ2v) is 8.90. The number of fused-ring (bicyclic) bond motifs is 6. The molecule has 0 radical (unpaired) electrons. The summed E-state index contributed by atoms with van der Waals surface area (Å²) < 4.78 is 12.4.